The molecule has 3 heterocycles. The molecule has 0 saturated carbocycles. The standard InChI is InChI=1S/C25H17NO6/c27-24(26-15-6-2-1-3-7-15)23-20(14-10-11-18-19(12-14)30-13-29-18)21-22(32-23)16-8-4-5-9-17(16)31-25(21)28/h1-12,20,23H,13H2,(H,26,27). The number of rotatable bonds is 3. The first-order valence-corrected chi connectivity index (χ1v) is 10.2. The highest BCUT2D eigenvalue weighted by Crippen LogP contribution is 2.46. The topological polar surface area (TPSA) is 87.0 Å². The van der Waals surface area contributed by atoms with E-state index in [4.69, 9.17) is 18.6 Å². The molecule has 7 nitrogen and oxygen atoms in total. The fourth-order valence-corrected chi connectivity index (χ4v) is 4.27. The molecule has 0 aliphatic carbocycles. The third kappa shape index (κ3) is 2.90. The number of hydrogen-bond donors (Lipinski definition) is 1. The number of para-hydroxylation sites is 2. The zero-order valence-corrected chi connectivity index (χ0v) is 16.7. The fourth-order valence-electron chi connectivity index (χ4n) is 4.27. The van der Waals surface area contributed by atoms with Crippen molar-refractivity contribution in [1.82, 2.24) is 0 Å². The number of carbonyl (C=O) groups is 1. The van der Waals surface area contributed by atoms with Gasteiger partial charge >= 0.3 is 5.63 Å². The monoisotopic (exact) mass is 427 g/mol. The lowest BCUT2D eigenvalue weighted by molar-refractivity contribution is -0.122. The number of carbonyl (C=O) groups excluding carboxylic acids is 1. The highest BCUT2D eigenvalue weighted by atomic mass is 16.7. The second-order valence-corrected chi connectivity index (χ2v) is 7.61. The lowest BCUT2D eigenvalue weighted by Crippen LogP contribution is -2.35. The van der Waals surface area contributed by atoms with E-state index in [9.17, 15) is 9.59 Å². The molecular weight excluding hydrogens is 410 g/mol. The molecule has 0 fully saturated rings. The van der Waals surface area contributed by atoms with E-state index in [1.807, 2.05) is 36.4 Å². The smallest absolute Gasteiger partial charge is 0.344 e. The van der Waals surface area contributed by atoms with E-state index in [2.05, 4.69) is 5.32 Å². The number of nitrogens with one attached hydrogen (secondary N) is 1. The second-order valence-electron chi connectivity index (χ2n) is 7.61. The molecule has 2 aliphatic heterocycles. The lowest BCUT2D eigenvalue weighted by Gasteiger charge is -2.19. The van der Waals surface area contributed by atoms with Crippen molar-refractivity contribution in [2.75, 3.05) is 12.1 Å². The van der Waals surface area contributed by atoms with Gasteiger partial charge < -0.3 is 23.9 Å². The van der Waals surface area contributed by atoms with Crippen LogP contribution in [0.25, 0.3) is 11.0 Å². The molecule has 1 amide bonds. The van der Waals surface area contributed by atoms with Gasteiger partial charge in [0.15, 0.2) is 17.6 Å². The third-order valence-electron chi connectivity index (χ3n) is 5.71. The van der Waals surface area contributed by atoms with Gasteiger partial charge in [0, 0.05) is 5.69 Å². The number of benzene rings is 3. The minimum Gasteiger partial charge on any atom is -0.478 e. The Labute approximate surface area is 182 Å². The summed E-state index contributed by atoms with van der Waals surface area (Å²) in [6.45, 7) is 0.126. The van der Waals surface area contributed by atoms with Crippen molar-refractivity contribution >= 4 is 22.6 Å². The van der Waals surface area contributed by atoms with Crippen LogP contribution in [0.4, 0.5) is 5.69 Å². The maximum Gasteiger partial charge on any atom is 0.344 e. The van der Waals surface area contributed by atoms with Crippen LogP contribution in [0.3, 0.4) is 0 Å². The predicted molar refractivity (Wildman–Crippen MR) is 116 cm³/mol. The summed E-state index contributed by atoms with van der Waals surface area (Å²) in [5.41, 5.74) is 1.53. The van der Waals surface area contributed by atoms with Gasteiger partial charge in [-0.15, -0.1) is 0 Å². The molecule has 0 spiro atoms. The molecule has 1 aromatic heterocycles. The summed E-state index contributed by atoms with van der Waals surface area (Å²) in [7, 11) is 0. The summed E-state index contributed by atoms with van der Waals surface area (Å²) in [6, 6.07) is 21.6. The average molecular weight is 427 g/mol. The highest BCUT2D eigenvalue weighted by Gasteiger charge is 2.44. The minimum absolute atomic E-state index is 0.126. The quantitative estimate of drug-likeness (QED) is 0.497. The van der Waals surface area contributed by atoms with Gasteiger partial charge in [0.05, 0.1) is 16.9 Å². The number of hydrogen-bond acceptors (Lipinski definition) is 6. The molecule has 2 atom stereocenters. The Morgan fingerprint density at radius 1 is 0.906 bits per heavy atom. The van der Waals surface area contributed by atoms with Crippen LogP contribution in [0.15, 0.2) is 82.0 Å². The van der Waals surface area contributed by atoms with Crippen LogP contribution in [0.1, 0.15) is 17.0 Å². The first kappa shape index (κ1) is 18.5. The number of anilines is 1. The van der Waals surface area contributed by atoms with Crippen LogP contribution in [0.2, 0.25) is 0 Å². The summed E-state index contributed by atoms with van der Waals surface area (Å²) in [5.74, 6) is 0.502. The second kappa shape index (κ2) is 7.16. The molecule has 6 rings (SSSR count). The summed E-state index contributed by atoms with van der Waals surface area (Å²) in [6.07, 6.45) is -0.973. The zero-order chi connectivity index (χ0) is 21.7. The predicted octanol–water partition coefficient (Wildman–Crippen LogP) is 4.05. The van der Waals surface area contributed by atoms with Crippen molar-refractivity contribution in [3.05, 3.63) is 94.3 Å². The molecule has 1 N–H and O–H groups in total. The average Bonchev–Trinajstić information content (AvgIpc) is 3.45. The Morgan fingerprint density at radius 3 is 2.56 bits per heavy atom. The van der Waals surface area contributed by atoms with E-state index in [1.54, 1.807) is 36.4 Å². The van der Waals surface area contributed by atoms with E-state index >= 15 is 0 Å². The summed E-state index contributed by atoms with van der Waals surface area (Å²) in [5, 5.41) is 3.53. The molecule has 3 aromatic carbocycles. The normalized spacial score (nSPS) is 18.2. The number of amides is 1. The first-order valence-electron chi connectivity index (χ1n) is 10.2. The minimum atomic E-state index is -0.973. The van der Waals surface area contributed by atoms with Gasteiger partial charge in [-0.2, -0.15) is 0 Å². The Balaban J connectivity index is 1.50. The molecule has 0 saturated heterocycles. The van der Waals surface area contributed by atoms with Crippen LogP contribution in [0, 0.1) is 0 Å². The molecule has 158 valence electrons. The van der Waals surface area contributed by atoms with Crippen LogP contribution < -0.4 is 25.2 Å². The Hall–Kier alpha value is -4.26. The van der Waals surface area contributed by atoms with E-state index in [0.29, 0.717) is 45.0 Å². The van der Waals surface area contributed by atoms with Crippen LogP contribution in [-0.2, 0) is 4.79 Å². The molecule has 2 aliphatic rings. The molecular formula is C25H17NO6. The maximum atomic E-state index is 13.3. The summed E-state index contributed by atoms with van der Waals surface area (Å²) in [4.78, 5) is 26.4. The molecule has 4 aromatic rings. The van der Waals surface area contributed by atoms with Crippen molar-refractivity contribution in [1.29, 1.82) is 0 Å². The molecule has 32 heavy (non-hydrogen) atoms. The van der Waals surface area contributed by atoms with Crippen molar-refractivity contribution in [3.8, 4) is 17.2 Å². The van der Waals surface area contributed by atoms with Crippen LogP contribution >= 0.6 is 0 Å². The van der Waals surface area contributed by atoms with E-state index in [0.717, 1.165) is 0 Å². The van der Waals surface area contributed by atoms with Crippen molar-refractivity contribution in [2.24, 2.45) is 0 Å². The first-order chi connectivity index (χ1) is 15.7. The summed E-state index contributed by atoms with van der Waals surface area (Å²) >= 11 is 0. The number of ether oxygens (including phenoxy) is 3. The van der Waals surface area contributed by atoms with Gasteiger partial charge in [-0.25, -0.2) is 4.79 Å². The van der Waals surface area contributed by atoms with Gasteiger partial charge in [-0.3, -0.25) is 4.79 Å². The molecule has 0 radical (unpaired) electrons. The Bertz CT molecular complexity index is 1410. The highest BCUT2D eigenvalue weighted by molar-refractivity contribution is 5.97. The third-order valence-corrected chi connectivity index (χ3v) is 5.71. The maximum absolute atomic E-state index is 13.3. The van der Waals surface area contributed by atoms with Gasteiger partial charge in [0.25, 0.3) is 5.91 Å². The molecule has 0 bridgehead atoms. The zero-order valence-electron chi connectivity index (χ0n) is 16.7. The largest absolute Gasteiger partial charge is 0.478 e. The Kier molecular flexibility index (Phi) is 4.14. The lowest BCUT2D eigenvalue weighted by atomic mass is 9.88. The van der Waals surface area contributed by atoms with E-state index in [1.165, 1.54) is 0 Å². The van der Waals surface area contributed by atoms with Gasteiger partial charge in [0.1, 0.15) is 11.3 Å². The van der Waals surface area contributed by atoms with Crippen LogP contribution in [-0.4, -0.2) is 18.8 Å². The van der Waals surface area contributed by atoms with Crippen molar-refractivity contribution in [3.63, 3.8) is 0 Å². The van der Waals surface area contributed by atoms with Gasteiger partial charge in [-0.1, -0.05) is 36.4 Å². The molecule has 7 heteroatoms. The molecule has 2 unspecified atom stereocenters. The van der Waals surface area contributed by atoms with Gasteiger partial charge in [-0.05, 0) is 42.0 Å². The van der Waals surface area contributed by atoms with E-state index in [-0.39, 0.29) is 12.7 Å². The van der Waals surface area contributed by atoms with Crippen LogP contribution in [0.5, 0.6) is 17.2 Å². The number of fused-ring (bicyclic) bond motifs is 4. The van der Waals surface area contributed by atoms with Crippen molar-refractivity contribution < 1.29 is 23.4 Å². The summed E-state index contributed by atoms with van der Waals surface area (Å²) < 4.78 is 22.7. The fraction of sp³-hybridized carbons (Fsp3) is 0.120. The van der Waals surface area contributed by atoms with Gasteiger partial charge in [0.2, 0.25) is 6.79 Å². The SMILES string of the molecule is O=C(Nc1ccccc1)C1Oc2c(c(=O)oc3ccccc23)C1c1ccc2c(c1)OCO2. The van der Waals surface area contributed by atoms with E-state index < -0.39 is 17.6 Å². The van der Waals surface area contributed by atoms with Crippen molar-refractivity contribution in [2.45, 2.75) is 12.0 Å². The Morgan fingerprint density at radius 2 is 1.69 bits per heavy atom.